The topological polar surface area (TPSA) is 83.7 Å². The van der Waals surface area contributed by atoms with Gasteiger partial charge in [-0.3, -0.25) is 0 Å². The summed E-state index contributed by atoms with van der Waals surface area (Å²) in [5, 5.41) is 3.19. The van der Waals surface area contributed by atoms with Gasteiger partial charge < -0.3 is 25.6 Å². The molecule has 2 amide bonds. The number of pyridine rings is 1. The van der Waals surface area contributed by atoms with Crippen LogP contribution in [-0.4, -0.2) is 53.0 Å². The number of anilines is 1. The van der Waals surface area contributed by atoms with E-state index in [2.05, 4.69) is 15.2 Å². The number of hydrogen-bond donors (Lipinski definition) is 2. The second-order valence-electron chi connectivity index (χ2n) is 8.90. The van der Waals surface area contributed by atoms with Crippen molar-refractivity contribution in [2.75, 3.05) is 31.9 Å². The van der Waals surface area contributed by atoms with Crippen LogP contribution >= 0.6 is 23.2 Å². The number of rotatable bonds is 7. The number of nitrogens with two attached hydrogens (primary N) is 1. The molecule has 0 spiro atoms. The first-order valence-corrected chi connectivity index (χ1v) is 12.4. The molecule has 2 aliphatic rings. The Kier molecular flexibility index (Phi) is 8.01. The molecule has 1 unspecified atom stereocenters. The lowest BCUT2D eigenvalue weighted by molar-refractivity contribution is 0.174. The number of nitrogen functional groups attached to an aromatic ring is 1. The highest BCUT2D eigenvalue weighted by Crippen LogP contribution is 2.36. The number of carbonyl (C=O) groups is 1. The minimum absolute atomic E-state index is 0.0762. The second kappa shape index (κ2) is 11.0. The molecule has 0 radical (unpaired) electrons. The van der Waals surface area contributed by atoms with Gasteiger partial charge in [-0.1, -0.05) is 23.2 Å². The van der Waals surface area contributed by atoms with Crippen molar-refractivity contribution in [3.63, 3.8) is 0 Å². The summed E-state index contributed by atoms with van der Waals surface area (Å²) in [6, 6.07) is 4.53. The molecule has 10 heteroatoms. The number of benzene rings is 1. The Bertz CT molecular complexity index is 1030. The lowest BCUT2D eigenvalue weighted by Gasteiger charge is -2.28. The van der Waals surface area contributed by atoms with Gasteiger partial charge >= 0.3 is 6.03 Å². The van der Waals surface area contributed by atoms with Gasteiger partial charge in [-0.25, -0.2) is 14.2 Å². The van der Waals surface area contributed by atoms with Crippen LogP contribution in [0.5, 0.6) is 5.75 Å². The van der Waals surface area contributed by atoms with Gasteiger partial charge in [0, 0.05) is 42.5 Å². The van der Waals surface area contributed by atoms with E-state index in [0.29, 0.717) is 16.3 Å². The largest absolute Gasteiger partial charge is 0.482 e. The minimum Gasteiger partial charge on any atom is -0.482 e. The van der Waals surface area contributed by atoms with Gasteiger partial charge in [0.05, 0.1) is 5.02 Å². The Labute approximate surface area is 209 Å². The van der Waals surface area contributed by atoms with Crippen LogP contribution in [0.1, 0.15) is 49.8 Å². The summed E-state index contributed by atoms with van der Waals surface area (Å²) in [4.78, 5) is 21.5. The molecule has 2 fully saturated rings. The summed E-state index contributed by atoms with van der Waals surface area (Å²) in [5.41, 5.74) is 7.06. The van der Waals surface area contributed by atoms with Gasteiger partial charge in [0.1, 0.15) is 11.9 Å². The number of aromatic nitrogens is 1. The number of likely N-dealkylation sites (tertiary alicyclic amines) is 2. The first kappa shape index (κ1) is 24.8. The third-order valence-corrected chi connectivity index (χ3v) is 7.19. The van der Waals surface area contributed by atoms with E-state index in [1.807, 2.05) is 4.90 Å². The molecule has 3 heterocycles. The van der Waals surface area contributed by atoms with Crippen molar-refractivity contribution < 1.29 is 13.9 Å². The highest BCUT2D eigenvalue weighted by Gasteiger charge is 2.30. The summed E-state index contributed by atoms with van der Waals surface area (Å²) in [7, 11) is 0. The molecular weight excluding hydrogens is 480 g/mol. The van der Waals surface area contributed by atoms with E-state index in [-0.39, 0.29) is 29.5 Å². The van der Waals surface area contributed by atoms with E-state index in [4.69, 9.17) is 33.7 Å². The molecule has 1 aromatic heterocycles. The number of ether oxygens (including phenoxy) is 1. The molecule has 4 rings (SSSR count). The fraction of sp³-hybridized carbons (Fsp3) is 0.500. The van der Waals surface area contributed by atoms with Gasteiger partial charge in [-0.2, -0.15) is 0 Å². The fourth-order valence-corrected chi connectivity index (χ4v) is 5.36. The Balaban J connectivity index is 1.38. The van der Waals surface area contributed by atoms with Crippen LogP contribution in [-0.2, 0) is 6.54 Å². The zero-order chi connectivity index (χ0) is 24.2. The van der Waals surface area contributed by atoms with Crippen molar-refractivity contribution in [2.24, 2.45) is 0 Å². The lowest BCUT2D eigenvalue weighted by Crippen LogP contribution is -2.46. The molecule has 1 aromatic carbocycles. The molecule has 0 saturated carbocycles. The van der Waals surface area contributed by atoms with Crippen LogP contribution in [0.3, 0.4) is 0 Å². The maximum absolute atomic E-state index is 13.9. The molecule has 2 aliphatic heterocycles. The van der Waals surface area contributed by atoms with Crippen LogP contribution < -0.4 is 15.8 Å². The molecule has 184 valence electrons. The fourth-order valence-electron chi connectivity index (χ4n) is 4.69. The van der Waals surface area contributed by atoms with Crippen LogP contribution in [0.4, 0.5) is 15.0 Å². The van der Waals surface area contributed by atoms with Crippen molar-refractivity contribution in [2.45, 2.75) is 51.3 Å². The van der Waals surface area contributed by atoms with Crippen LogP contribution in [0.25, 0.3) is 0 Å². The molecule has 0 bridgehead atoms. The lowest BCUT2D eigenvalue weighted by atomic mass is 10.1. The predicted molar refractivity (Wildman–Crippen MR) is 132 cm³/mol. The highest BCUT2D eigenvalue weighted by molar-refractivity contribution is 6.36. The summed E-state index contributed by atoms with van der Waals surface area (Å²) in [5.74, 6) is -0.0939. The van der Waals surface area contributed by atoms with E-state index in [0.717, 1.165) is 44.6 Å². The number of hydrogen-bond acceptors (Lipinski definition) is 5. The zero-order valence-electron chi connectivity index (χ0n) is 19.2. The average Bonchev–Trinajstić information content (AvgIpc) is 3.49. The minimum atomic E-state index is -0.666. The molecule has 0 aliphatic carbocycles. The SMILES string of the molecule is CC(Oc1cc(CNC(=O)N2CCC[C@@H]2CN2CCCC2)cnc1N)c1c(Cl)ccc(F)c1Cl. The van der Waals surface area contributed by atoms with Crippen LogP contribution in [0.2, 0.25) is 10.0 Å². The normalized spacial score (nSPS) is 19.4. The molecule has 2 aromatic rings. The van der Waals surface area contributed by atoms with Crippen molar-refractivity contribution >= 4 is 35.1 Å². The van der Waals surface area contributed by atoms with Crippen LogP contribution in [0.15, 0.2) is 24.4 Å². The van der Waals surface area contributed by atoms with Gasteiger partial charge in [0.15, 0.2) is 11.6 Å². The van der Waals surface area contributed by atoms with E-state index in [1.54, 1.807) is 19.2 Å². The van der Waals surface area contributed by atoms with E-state index >= 15 is 0 Å². The van der Waals surface area contributed by atoms with Crippen molar-refractivity contribution in [3.8, 4) is 5.75 Å². The first-order chi connectivity index (χ1) is 16.3. The number of urea groups is 1. The number of amides is 2. The third kappa shape index (κ3) is 5.67. The maximum Gasteiger partial charge on any atom is 0.317 e. The number of nitrogens with one attached hydrogen (secondary N) is 1. The Morgan fingerprint density at radius 1 is 1.29 bits per heavy atom. The Morgan fingerprint density at radius 2 is 2.06 bits per heavy atom. The molecule has 2 saturated heterocycles. The monoisotopic (exact) mass is 509 g/mol. The van der Waals surface area contributed by atoms with E-state index in [9.17, 15) is 9.18 Å². The molecular formula is C24H30Cl2FN5O2. The van der Waals surface area contributed by atoms with Gasteiger partial charge in [0.2, 0.25) is 0 Å². The first-order valence-electron chi connectivity index (χ1n) is 11.6. The van der Waals surface area contributed by atoms with Crippen LogP contribution in [0, 0.1) is 5.82 Å². The maximum atomic E-state index is 13.9. The third-order valence-electron chi connectivity index (χ3n) is 6.48. The predicted octanol–water partition coefficient (Wildman–Crippen LogP) is 5.02. The van der Waals surface area contributed by atoms with Crippen molar-refractivity contribution in [3.05, 3.63) is 51.4 Å². The smallest absolute Gasteiger partial charge is 0.317 e. The van der Waals surface area contributed by atoms with Crippen molar-refractivity contribution in [1.29, 1.82) is 0 Å². The van der Waals surface area contributed by atoms with Gasteiger partial charge in [0.25, 0.3) is 0 Å². The standard InChI is InChI=1S/C24H30Cl2FN5O2/c1-15(21-18(25)6-7-19(27)22(21)26)34-20-11-16(12-29-23(20)28)13-30-24(33)32-10-4-5-17(32)14-31-8-2-3-9-31/h6-7,11-12,15,17H,2-5,8-10,13-14H2,1H3,(H2,28,29)(H,30,33)/t15?,17-/m1/s1. The van der Waals surface area contributed by atoms with Gasteiger partial charge in [-0.15, -0.1) is 0 Å². The summed E-state index contributed by atoms with van der Waals surface area (Å²) >= 11 is 12.3. The number of nitrogens with zero attached hydrogens (tertiary/aromatic N) is 3. The second-order valence-corrected chi connectivity index (χ2v) is 9.68. The molecule has 3 N–H and O–H groups in total. The Morgan fingerprint density at radius 3 is 2.82 bits per heavy atom. The summed E-state index contributed by atoms with van der Waals surface area (Å²) < 4.78 is 19.9. The Hall–Kier alpha value is -2.29. The molecule has 2 atom stereocenters. The molecule has 7 nitrogen and oxygen atoms in total. The summed E-state index contributed by atoms with van der Waals surface area (Å²) in [6.45, 7) is 5.94. The highest BCUT2D eigenvalue weighted by atomic mass is 35.5. The van der Waals surface area contributed by atoms with Crippen molar-refractivity contribution in [1.82, 2.24) is 20.1 Å². The van der Waals surface area contributed by atoms with Gasteiger partial charge in [-0.05, 0) is 69.5 Å². The van der Waals surface area contributed by atoms with E-state index < -0.39 is 11.9 Å². The summed E-state index contributed by atoms with van der Waals surface area (Å²) in [6.07, 6.45) is 5.47. The quantitative estimate of drug-likeness (QED) is 0.512. The molecule has 34 heavy (non-hydrogen) atoms. The number of halogens is 3. The number of carbonyl (C=O) groups excluding carboxylic acids is 1. The zero-order valence-corrected chi connectivity index (χ0v) is 20.7. The van der Waals surface area contributed by atoms with E-state index in [1.165, 1.54) is 25.0 Å². The average molecular weight is 510 g/mol.